The van der Waals surface area contributed by atoms with E-state index in [1.165, 1.54) is 23.1 Å². The number of anilines is 1. The maximum absolute atomic E-state index is 13.0. The molecular weight excluding hydrogens is 421 g/mol. The first-order chi connectivity index (χ1) is 14.2. The highest BCUT2D eigenvalue weighted by Crippen LogP contribution is 2.34. The standard InChI is InChI=1S/C21H18ClF3N2O3/c1-2-3-7-18(28)30-26-19-16-11-15(22)8-9-17(16)27(20(19)29)12-13-5-4-6-14(10-13)21(23,24)25/h4-6,8-11H,2-3,7,12H2,1H3/b26-19-. The molecule has 1 aliphatic heterocycles. The molecule has 2 aromatic carbocycles. The Hall–Kier alpha value is -2.87. The normalized spacial score (nSPS) is 14.9. The lowest BCUT2D eigenvalue weighted by molar-refractivity contribution is -0.143. The summed E-state index contributed by atoms with van der Waals surface area (Å²) in [5.41, 5.74) is 0.138. The maximum atomic E-state index is 13.0. The fourth-order valence-corrected chi connectivity index (χ4v) is 3.19. The highest BCUT2D eigenvalue weighted by Gasteiger charge is 2.36. The van der Waals surface area contributed by atoms with Crippen molar-refractivity contribution in [3.8, 4) is 0 Å². The lowest BCUT2D eigenvalue weighted by Gasteiger charge is -2.18. The molecule has 3 rings (SSSR count). The monoisotopic (exact) mass is 438 g/mol. The van der Waals surface area contributed by atoms with Crippen molar-refractivity contribution in [2.45, 2.75) is 38.9 Å². The molecule has 0 N–H and O–H groups in total. The first-order valence-corrected chi connectivity index (χ1v) is 9.64. The van der Waals surface area contributed by atoms with Gasteiger partial charge in [0.05, 0.1) is 17.8 Å². The topological polar surface area (TPSA) is 59.0 Å². The van der Waals surface area contributed by atoms with Crippen LogP contribution in [0.25, 0.3) is 0 Å². The fraction of sp³-hybridized carbons (Fsp3) is 0.286. The lowest BCUT2D eigenvalue weighted by atomic mass is 10.1. The minimum atomic E-state index is -4.49. The molecule has 0 saturated heterocycles. The predicted octanol–water partition coefficient (Wildman–Crippen LogP) is 5.34. The summed E-state index contributed by atoms with van der Waals surface area (Å²) in [5, 5.41) is 4.07. The van der Waals surface area contributed by atoms with Crippen LogP contribution in [0.5, 0.6) is 0 Å². The molecular formula is C21H18ClF3N2O3. The number of nitrogens with zero attached hydrogens (tertiary/aromatic N) is 2. The minimum Gasteiger partial charge on any atom is -0.317 e. The number of unbranched alkanes of at least 4 members (excludes halogenated alkanes) is 1. The molecule has 0 unspecified atom stereocenters. The summed E-state index contributed by atoms with van der Waals surface area (Å²) in [7, 11) is 0. The van der Waals surface area contributed by atoms with E-state index in [2.05, 4.69) is 5.16 Å². The van der Waals surface area contributed by atoms with E-state index in [9.17, 15) is 22.8 Å². The summed E-state index contributed by atoms with van der Waals surface area (Å²) in [4.78, 5) is 30.8. The number of rotatable bonds is 6. The number of hydrogen-bond donors (Lipinski definition) is 0. The summed E-state index contributed by atoms with van der Waals surface area (Å²) in [5.74, 6) is -1.16. The van der Waals surface area contributed by atoms with Crippen LogP contribution in [0.15, 0.2) is 47.6 Å². The minimum absolute atomic E-state index is 0.111. The third-order valence-electron chi connectivity index (χ3n) is 4.52. The van der Waals surface area contributed by atoms with Crippen molar-refractivity contribution in [2.75, 3.05) is 4.90 Å². The molecule has 0 aromatic heterocycles. The van der Waals surface area contributed by atoms with Crippen LogP contribution in [-0.4, -0.2) is 17.6 Å². The van der Waals surface area contributed by atoms with Gasteiger partial charge in [-0.25, -0.2) is 4.79 Å². The molecule has 0 atom stereocenters. The average Bonchev–Trinajstić information content (AvgIpc) is 2.95. The van der Waals surface area contributed by atoms with Crippen LogP contribution in [0.1, 0.15) is 42.9 Å². The van der Waals surface area contributed by atoms with Gasteiger partial charge in [-0.2, -0.15) is 13.2 Å². The average molecular weight is 439 g/mol. The lowest BCUT2D eigenvalue weighted by Crippen LogP contribution is -2.30. The van der Waals surface area contributed by atoms with E-state index in [4.69, 9.17) is 16.4 Å². The Morgan fingerprint density at radius 2 is 1.97 bits per heavy atom. The van der Waals surface area contributed by atoms with E-state index >= 15 is 0 Å². The summed E-state index contributed by atoms with van der Waals surface area (Å²) >= 11 is 6.03. The highest BCUT2D eigenvalue weighted by atomic mass is 35.5. The third-order valence-corrected chi connectivity index (χ3v) is 4.76. The number of alkyl halides is 3. The van der Waals surface area contributed by atoms with Gasteiger partial charge in [0, 0.05) is 17.0 Å². The number of fused-ring (bicyclic) bond motifs is 1. The van der Waals surface area contributed by atoms with Gasteiger partial charge < -0.3 is 9.74 Å². The van der Waals surface area contributed by atoms with Crippen LogP contribution in [0, 0.1) is 0 Å². The SMILES string of the molecule is CCCCC(=O)O/N=C1\C(=O)N(Cc2cccc(C(F)(F)F)c2)c2ccc(Cl)cc21. The summed E-state index contributed by atoms with van der Waals surface area (Å²) < 4.78 is 39.0. The van der Waals surface area contributed by atoms with Gasteiger partial charge in [-0.1, -0.05) is 42.2 Å². The number of hydrogen-bond acceptors (Lipinski definition) is 4. The van der Waals surface area contributed by atoms with Crippen LogP contribution in [0.4, 0.5) is 18.9 Å². The zero-order valence-corrected chi connectivity index (χ0v) is 16.8. The number of amides is 1. The van der Waals surface area contributed by atoms with E-state index in [0.717, 1.165) is 18.6 Å². The fourth-order valence-electron chi connectivity index (χ4n) is 3.02. The van der Waals surface area contributed by atoms with Crippen molar-refractivity contribution in [1.82, 2.24) is 0 Å². The second-order valence-electron chi connectivity index (χ2n) is 6.76. The van der Waals surface area contributed by atoms with Crippen molar-refractivity contribution >= 4 is 34.9 Å². The second-order valence-corrected chi connectivity index (χ2v) is 7.19. The smallest absolute Gasteiger partial charge is 0.317 e. The summed E-state index contributed by atoms with van der Waals surface area (Å²) in [6.07, 6.45) is -2.90. The van der Waals surface area contributed by atoms with Crippen LogP contribution < -0.4 is 4.90 Å². The molecule has 30 heavy (non-hydrogen) atoms. The molecule has 0 bridgehead atoms. The molecule has 9 heteroatoms. The van der Waals surface area contributed by atoms with E-state index in [-0.39, 0.29) is 18.7 Å². The van der Waals surface area contributed by atoms with Crippen molar-refractivity contribution in [3.05, 3.63) is 64.2 Å². The van der Waals surface area contributed by atoms with Crippen molar-refractivity contribution in [1.29, 1.82) is 0 Å². The van der Waals surface area contributed by atoms with E-state index in [1.807, 2.05) is 6.92 Å². The Morgan fingerprint density at radius 1 is 1.20 bits per heavy atom. The van der Waals surface area contributed by atoms with Gasteiger partial charge in [0.15, 0.2) is 5.71 Å². The Kier molecular flexibility index (Phi) is 6.45. The number of carbonyl (C=O) groups excluding carboxylic acids is 2. The van der Waals surface area contributed by atoms with Crippen LogP contribution in [0.2, 0.25) is 5.02 Å². The molecule has 0 saturated carbocycles. The maximum Gasteiger partial charge on any atom is 0.416 e. The quantitative estimate of drug-likeness (QED) is 0.451. The van der Waals surface area contributed by atoms with Gasteiger partial charge in [-0.3, -0.25) is 4.79 Å². The molecule has 1 heterocycles. The molecule has 1 amide bonds. The number of oxime groups is 1. The van der Waals surface area contributed by atoms with Crippen LogP contribution in [-0.2, 0) is 27.1 Å². The predicted molar refractivity (Wildman–Crippen MR) is 106 cm³/mol. The number of halogens is 4. The Morgan fingerprint density at radius 3 is 2.67 bits per heavy atom. The highest BCUT2D eigenvalue weighted by molar-refractivity contribution is 6.54. The van der Waals surface area contributed by atoms with Crippen LogP contribution in [0.3, 0.4) is 0 Å². The zero-order chi connectivity index (χ0) is 21.9. The van der Waals surface area contributed by atoms with Gasteiger partial charge in [0.25, 0.3) is 5.91 Å². The molecule has 0 spiro atoms. The van der Waals surface area contributed by atoms with E-state index in [1.54, 1.807) is 12.1 Å². The Labute approximate surface area is 176 Å². The van der Waals surface area contributed by atoms with Crippen molar-refractivity contribution in [3.63, 3.8) is 0 Å². The third kappa shape index (κ3) is 4.81. The van der Waals surface area contributed by atoms with Gasteiger partial charge in [0.2, 0.25) is 0 Å². The van der Waals surface area contributed by atoms with E-state index < -0.39 is 23.6 Å². The zero-order valence-electron chi connectivity index (χ0n) is 16.0. The van der Waals surface area contributed by atoms with Crippen LogP contribution >= 0.6 is 11.6 Å². The van der Waals surface area contributed by atoms with E-state index in [0.29, 0.717) is 28.3 Å². The van der Waals surface area contributed by atoms with Gasteiger partial charge in [0.1, 0.15) is 0 Å². The molecule has 1 aliphatic rings. The first kappa shape index (κ1) is 21.8. The molecule has 0 radical (unpaired) electrons. The van der Waals surface area contributed by atoms with Gasteiger partial charge in [-0.15, -0.1) is 0 Å². The Balaban J connectivity index is 1.90. The van der Waals surface area contributed by atoms with Crippen molar-refractivity contribution in [2.24, 2.45) is 5.16 Å². The summed E-state index contributed by atoms with van der Waals surface area (Å²) in [6, 6.07) is 9.37. The molecule has 2 aromatic rings. The van der Waals surface area contributed by atoms with Gasteiger partial charge in [-0.05, 0) is 42.3 Å². The second kappa shape index (κ2) is 8.87. The molecule has 5 nitrogen and oxygen atoms in total. The first-order valence-electron chi connectivity index (χ1n) is 9.26. The van der Waals surface area contributed by atoms with Gasteiger partial charge >= 0.3 is 12.1 Å². The number of benzene rings is 2. The Bertz CT molecular complexity index is 1010. The largest absolute Gasteiger partial charge is 0.416 e. The molecule has 158 valence electrons. The van der Waals surface area contributed by atoms with Crippen molar-refractivity contribution < 1.29 is 27.6 Å². The molecule has 0 aliphatic carbocycles. The molecule has 0 fully saturated rings. The number of carbonyl (C=O) groups is 2. The summed E-state index contributed by atoms with van der Waals surface area (Å²) in [6.45, 7) is 1.81.